The van der Waals surface area contributed by atoms with Gasteiger partial charge >= 0.3 is 0 Å². The molecule has 0 amide bonds. The highest BCUT2D eigenvalue weighted by atomic mass is 16.5. The van der Waals surface area contributed by atoms with Crippen molar-refractivity contribution in [2.45, 2.75) is 19.4 Å². The monoisotopic (exact) mass is 207 g/mol. The van der Waals surface area contributed by atoms with E-state index >= 15 is 0 Å². The van der Waals surface area contributed by atoms with Crippen molar-refractivity contribution in [3.8, 4) is 11.5 Å². The van der Waals surface area contributed by atoms with E-state index in [-0.39, 0.29) is 11.8 Å². The Hall–Kier alpha value is -1.48. The van der Waals surface area contributed by atoms with Gasteiger partial charge in [-0.25, -0.2) is 0 Å². The Bertz CT molecular complexity index is 361. The first-order chi connectivity index (χ1) is 7.04. The maximum Gasteiger partial charge on any atom is 0.124 e. The standard InChI is InChI=1S/C12H17NO2/c1-8(2)6-11(13)10-5-4-9(15-3)7-12(10)14/h4-5,7,11,14H,1,6,13H2,2-3H3/t11-/m0/s1. The number of ether oxygens (including phenoxy) is 1. The molecule has 0 aliphatic carbocycles. The third kappa shape index (κ3) is 2.99. The SMILES string of the molecule is C=C(C)C[C@H](N)c1ccc(OC)cc1O. The van der Waals surface area contributed by atoms with E-state index in [9.17, 15) is 5.11 Å². The van der Waals surface area contributed by atoms with Crippen molar-refractivity contribution in [2.24, 2.45) is 5.73 Å². The van der Waals surface area contributed by atoms with Crippen molar-refractivity contribution < 1.29 is 9.84 Å². The molecule has 0 saturated heterocycles. The Morgan fingerprint density at radius 1 is 1.60 bits per heavy atom. The summed E-state index contributed by atoms with van der Waals surface area (Å²) in [5.41, 5.74) is 7.65. The molecule has 0 fully saturated rings. The normalized spacial score (nSPS) is 12.2. The van der Waals surface area contributed by atoms with Crippen LogP contribution in [0.25, 0.3) is 0 Å². The quantitative estimate of drug-likeness (QED) is 0.745. The van der Waals surface area contributed by atoms with E-state index < -0.39 is 0 Å². The average Bonchev–Trinajstić information content (AvgIpc) is 2.16. The zero-order valence-corrected chi connectivity index (χ0v) is 9.16. The van der Waals surface area contributed by atoms with Crippen LogP contribution in [0.3, 0.4) is 0 Å². The van der Waals surface area contributed by atoms with Crippen molar-refractivity contribution in [1.29, 1.82) is 0 Å². The number of nitrogens with two attached hydrogens (primary N) is 1. The molecule has 1 aromatic carbocycles. The molecule has 1 atom stereocenters. The highest BCUT2D eigenvalue weighted by Crippen LogP contribution is 2.29. The summed E-state index contributed by atoms with van der Waals surface area (Å²) in [7, 11) is 1.56. The zero-order chi connectivity index (χ0) is 11.4. The summed E-state index contributed by atoms with van der Waals surface area (Å²) >= 11 is 0. The summed E-state index contributed by atoms with van der Waals surface area (Å²) < 4.78 is 4.99. The summed E-state index contributed by atoms with van der Waals surface area (Å²) in [6.45, 7) is 5.71. The van der Waals surface area contributed by atoms with E-state index in [1.165, 1.54) is 0 Å². The first-order valence-electron chi connectivity index (χ1n) is 4.81. The molecule has 0 aliphatic rings. The molecule has 0 heterocycles. The number of rotatable bonds is 4. The minimum absolute atomic E-state index is 0.170. The predicted molar refractivity (Wildman–Crippen MR) is 61.0 cm³/mol. The van der Waals surface area contributed by atoms with Gasteiger partial charge in [0.15, 0.2) is 0 Å². The Balaban J connectivity index is 2.90. The fourth-order valence-electron chi connectivity index (χ4n) is 1.45. The van der Waals surface area contributed by atoms with E-state index in [0.29, 0.717) is 12.2 Å². The molecule has 3 heteroatoms. The van der Waals surface area contributed by atoms with Gasteiger partial charge in [0.2, 0.25) is 0 Å². The van der Waals surface area contributed by atoms with Crippen LogP contribution in [0.15, 0.2) is 30.4 Å². The number of phenolic OH excluding ortho intramolecular Hbond substituents is 1. The molecule has 82 valence electrons. The van der Waals surface area contributed by atoms with E-state index in [0.717, 1.165) is 11.1 Å². The number of methoxy groups -OCH3 is 1. The Kier molecular flexibility index (Phi) is 3.74. The molecule has 0 saturated carbocycles. The molecule has 0 radical (unpaired) electrons. The molecule has 0 aliphatic heterocycles. The van der Waals surface area contributed by atoms with Gasteiger partial charge < -0.3 is 15.6 Å². The Labute approximate surface area is 90.2 Å². The van der Waals surface area contributed by atoms with Crippen LogP contribution in [-0.2, 0) is 0 Å². The van der Waals surface area contributed by atoms with Gasteiger partial charge in [0.05, 0.1) is 7.11 Å². The molecule has 15 heavy (non-hydrogen) atoms. The van der Waals surface area contributed by atoms with Gasteiger partial charge in [0.25, 0.3) is 0 Å². The summed E-state index contributed by atoms with van der Waals surface area (Å²) in [5.74, 6) is 0.793. The molecule has 0 spiro atoms. The minimum atomic E-state index is -0.214. The third-order valence-corrected chi connectivity index (χ3v) is 2.21. The fourth-order valence-corrected chi connectivity index (χ4v) is 1.45. The molecule has 0 unspecified atom stereocenters. The molecule has 3 N–H and O–H groups in total. The van der Waals surface area contributed by atoms with Crippen molar-refractivity contribution in [1.82, 2.24) is 0 Å². The second-order valence-electron chi connectivity index (χ2n) is 3.69. The lowest BCUT2D eigenvalue weighted by molar-refractivity contribution is 0.405. The molecular weight excluding hydrogens is 190 g/mol. The van der Waals surface area contributed by atoms with Crippen LogP contribution in [-0.4, -0.2) is 12.2 Å². The number of hydrogen-bond donors (Lipinski definition) is 2. The molecule has 0 bridgehead atoms. The average molecular weight is 207 g/mol. The van der Waals surface area contributed by atoms with Gasteiger partial charge in [-0.1, -0.05) is 11.6 Å². The van der Waals surface area contributed by atoms with Crippen LogP contribution in [0.1, 0.15) is 24.9 Å². The number of benzene rings is 1. The third-order valence-electron chi connectivity index (χ3n) is 2.21. The van der Waals surface area contributed by atoms with Crippen LogP contribution in [0.4, 0.5) is 0 Å². The number of phenols is 1. The lowest BCUT2D eigenvalue weighted by Crippen LogP contribution is -2.10. The summed E-state index contributed by atoms with van der Waals surface area (Å²) in [5, 5.41) is 9.72. The topological polar surface area (TPSA) is 55.5 Å². The second kappa shape index (κ2) is 4.84. The molecule has 0 aromatic heterocycles. The lowest BCUT2D eigenvalue weighted by Gasteiger charge is -2.14. The van der Waals surface area contributed by atoms with Gasteiger partial charge in [0.1, 0.15) is 11.5 Å². The van der Waals surface area contributed by atoms with Crippen molar-refractivity contribution in [3.05, 3.63) is 35.9 Å². The zero-order valence-electron chi connectivity index (χ0n) is 9.16. The summed E-state index contributed by atoms with van der Waals surface area (Å²) in [4.78, 5) is 0. The Morgan fingerprint density at radius 3 is 2.73 bits per heavy atom. The van der Waals surface area contributed by atoms with Gasteiger partial charge in [-0.3, -0.25) is 0 Å². The molecular formula is C12H17NO2. The van der Waals surface area contributed by atoms with Crippen LogP contribution in [0.5, 0.6) is 11.5 Å². The largest absolute Gasteiger partial charge is 0.507 e. The molecule has 1 aromatic rings. The highest BCUT2D eigenvalue weighted by Gasteiger charge is 2.11. The molecule has 3 nitrogen and oxygen atoms in total. The van der Waals surface area contributed by atoms with Gasteiger partial charge in [0, 0.05) is 17.7 Å². The van der Waals surface area contributed by atoms with Gasteiger partial charge in [-0.2, -0.15) is 0 Å². The van der Waals surface area contributed by atoms with Gasteiger partial charge in [-0.15, -0.1) is 6.58 Å². The van der Waals surface area contributed by atoms with Crippen LogP contribution in [0.2, 0.25) is 0 Å². The van der Waals surface area contributed by atoms with Crippen molar-refractivity contribution in [3.63, 3.8) is 0 Å². The first kappa shape index (κ1) is 11.6. The number of aromatic hydroxyl groups is 1. The predicted octanol–water partition coefficient (Wildman–Crippen LogP) is 2.37. The minimum Gasteiger partial charge on any atom is -0.507 e. The van der Waals surface area contributed by atoms with Crippen molar-refractivity contribution in [2.75, 3.05) is 7.11 Å². The van der Waals surface area contributed by atoms with E-state index in [1.807, 2.05) is 6.92 Å². The van der Waals surface area contributed by atoms with Crippen molar-refractivity contribution >= 4 is 0 Å². The highest BCUT2D eigenvalue weighted by molar-refractivity contribution is 5.41. The van der Waals surface area contributed by atoms with E-state index in [2.05, 4.69) is 6.58 Å². The summed E-state index contributed by atoms with van der Waals surface area (Å²) in [6, 6.07) is 4.91. The molecule has 1 rings (SSSR count). The van der Waals surface area contributed by atoms with Crippen LogP contribution in [0, 0.1) is 0 Å². The van der Waals surface area contributed by atoms with Crippen LogP contribution < -0.4 is 10.5 Å². The van der Waals surface area contributed by atoms with Gasteiger partial charge in [-0.05, 0) is 19.4 Å². The lowest BCUT2D eigenvalue weighted by atomic mass is 10.0. The maximum atomic E-state index is 9.72. The first-order valence-corrected chi connectivity index (χ1v) is 4.81. The maximum absolute atomic E-state index is 9.72. The fraction of sp³-hybridized carbons (Fsp3) is 0.333. The second-order valence-corrected chi connectivity index (χ2v) is 3.69. The van der Waals surface area contributed by atoms with Crippen LogP contribution >= 0.6 is 0 Å². The smallest absolute Gasteiger partial charge is 0.124 e. The van der Waals surface area contributed by atoms with E-state index in [4.69, 9.17) is 10.5 Å². The summed E-state index contributed by atoms with van der Waals surface area (Å²) in [6.07, 6.45) is 0.667. The van der Waals surface area contributed by atoms with E-state index in [1.54, 1.807) is 25.3 Å². The Morgan fingerprint density at radius 2 is 2.27 bits per heavy atom. The number of hydrogen-bond acceptors (Lipinski definition) is 3.